The van der Waals surface area contributed by atoms with Crippen LogP contribution in [0.4, 0.5) is 34.1 Å². The van der Waals surface area contributed by atoms with Crippen LogP contribution in [0.25, 0.3) is 22.3 Å². The quantitative estimate of drug-likeness (QED) is 0.160. The Kier molecular flexibility index (Phi) is 6.78. The van der Waals surface area contributed by atoms with Gasteiger partial charge in [-0.15, -0.1) is 0 Å². The molecule has 3 unspecified atom stereocenters. The first kappa shape index (κ1) is 37.4. The molecule has 318 valence electrons. The van der Waals surface area contributed by atoms with E-state index in [-0.39, 0.29) is 39.2 Å². The normalized spacial score (nSPS) is 30.0. The van der Waals surface area contributed by atoms with Gasteiger partial charge in [-0.1, -0.05) is 151 Å². The van der Waals surface area contributed by atoms with Crippen LogP contribution in [0.15, 0.2) is 152 Å². The zero-order valence-corrected chi connectivity index (χ0v) is 38.8. The van der Waals surface area contributed by atoms with Gasteiger partial charge in [0, 0.05) is 44.8 Å². The fourth-order valence-electron chi connectivity index (χ4n) is 17.8. The van der Waals surface area contributed by atoms with Gasteiger partial charge in [-0.3, -0.25) is 0 Å². The predicted octanol–water partition coefficient (Wildman–Crippen LogP) is 14.0. The summed E-state index contributed by atoms with van der Waals surface area (Å²) in [5.41, 5.74) is 24.9. The molecule has 3 heteroatoms. The Labute approximate surface area is 385 Å². The maximum Gasteiger partial charge on any atom is 0.252 e. The first-order valence-electron chi connectivity index (χ1n) is 24.9. The Hall–Kier alpha value is -5.80. The lowest BCUT2D eigenvalue weighted by molar-refractivity contribution is 0.0990. The lowest BCUT2D eigenvalue weighted by atomic mass is 9.32. The van der Waals surface area contributed by atoms with Gasteiger partial charge < -0.3 is 9.80 Å². The van der Waals surface area contributed by atoms with Crippen LogP contribution in [-0.2, 0) is 10.8 Å². The molecule has 7 aromatic rings. The van der Waals surface area contributed by atoms with Crippen molar-refractivity contribution < 1.29 is 0 Å². The van der Waals surface area contributed by atoms with Crippen molar-refractivity contribution in [1.29, 1.82) is 0 Å². The van der Waals surface area contributed by atoms with Crippen molar-refractivity contribution in [2.45, 2.75) is 90.9 Å². The molecule has 6 atom stereocenters. The Morgan fingerprint density at radius 3 is 1.55 bits per heavy atom. The lowest BCUT2D eigenvalue weighted by Gasteiger charge is -2.50. The molecule has 2 spiro atoms. The smallest absolute Gasteiger partial charge is 0.252 e. The van der Waals surface area contributed by atoms with Gasteiger partial charge in [-0.25, -0.2) is 0 Å². The maximum atomic E-state index is 2.76. The fraction of sp³-hybridized carbons (Fsp3) is 0.323. The number of anilines is 6. The maximum absolute atomic E-state index is 2.76. The molecule has 4 bridgehead atoms. The lowest BCUT2D eigenvalue weighted by Crippen LogP contribution is -2.62. The molecule has 15 rings (SSSR count). The molecule has 8 aliphatic rings. The summed E-state index contributed by atoms with van der Waals surface area (Å²) in [4.78, 5) is 5.42. The first-order valence-corrected chi connectivity index (χ1v) is 24.9. The Balaban J connectivity index is 1.13. The van der Waals surface area contributed by atoms with Gasteiger partial charge in [-0.2, -0.15) is 0 Å². The molecule has 65 heavy (non-hydrogen) atoms. The van der Waals surface area contributed by atoms with Crippen LogP contribution >= 0.6 is 0 Å². The second kappa shape index (κ2) is 11.8. The van der Waals surface area contributed by atoms with Crippen molar-refractivity contribution in [1.82, 2.24) is 0 Å². The van der Waals surface area contributed by atoms with Crippen molar-refractivity contribution in [3.05, 3.63) is 174 Å². The fourth-order valence-corrected chi connectivity index (χ4v) is 17.8. The zero-order chi connectivity index (χ0) is 43.6. The molecule has 2 nitrogen and oxygen atoms in total. The molecular formula is C62H57BN2. The van der Waals surface area contributed by atoms with E-state index in [4.69, 9.17) is 0 Å². The van der Waals surface area contributed by atoms with Gasteiger partial charge in [0.1, 0.15) is 0 Å². The molecule has 4 saturated carbocycles. The van der Waals surface area contributed by atoms with Crippen molar-refractivity contribution in [3.63, 3.8) is 0 Å². The molecule has 0 aromatic heterocycles. The van der Waals surface area contributed by atoms with E-state index in [2.05, 4.69) is 203 Å². The van der Waals surface area contributed by atoms with Crippen LogP contribution in [-0.4, -0.2) is 6.71 Å². The van der Waals surface area contributed by atoms with E-state index in [1.807, 2.05) is 0 Å². The second-order valence-electron chi connectivity index (χ2n) is 23.2. The van der Waals surface area contributed by atoms with E-state index in [0.717, 1.165) is 0 Å². The Bertz CT molecular complexity index is 3260. The summed E-state index contributed by atoms with van der Waals surface area (Å²) >= 11 is 0. The van der Waals surface area contributed by atoms with Crippen molar-refractivity contribution >= 4 is 57.2 Å². The molecule has 0 amide bonds. The van der Waals surface area contributed by atoms with E-state index in [1.54, 1.807) is 22.3 Å². The highest BCUT2D eigenvalue weighted by Crippen LogP contribution is 2.80. The molecule has 7 aromatic carbocycles. The van der Waals surface area contributed by atoms with Crippen LogP contribution in [0.3, 0.4) is 0 Å². The summed E-state index contributed by atoms with van der Waals surface area (Å²) in [5, 5.41) is 0. The highest BCUT2D eigenvalue weighted by molar-refractivity contribution is 7.01. The summed E-state index contributed by atoms with van der Waals surface area (Å²) in [6.07, 6.45) is 7.63. The summed E-state index contributed by atoms with van der Waals surface area (Å²) in [5.74, 6) is 1.38. The number of rotatable bonds is 2. The highest BCUT2D eigenvalue weighted by atomic mass is 15.2. The summed E-state index contributed by atoms with van der Waals surface area (Å²) in [7, 11) is 0. The minimum atomic E-state index is -0.0956. The minimum Gasteiger partial charge on any atom is -0.311 e. The van der Waals surface area contributed by atoms with E-state index < -0.39 is 0 Å². The van der Waals surface area contributed by atoms with Crippen LogP contribution in [0.2, 0.25) is 0 Å². The third-order valence-electron chi connectivity index (χ3n) is 21.4. The molecule has 0 saturated heterocycles. The third-order valence-corrected chi connectivity index (χ3v) is 21.4. The standard InChI is InChI=1S/C62H57BN2/c1-57(2)38-31-33-59(57,5)61(36-38)44-25-15-13-23-42(44)52-46(61)29-30-50-54(52)63-48-27-17-18-28-49(48)65(41-21-11-8-12-22-41)56-53-43-24-14-16-26-45(43)62(37-39-32-34-60(62,6)58(39,3)4)47(53)35-51(55(56)63)64(50)40-19-9-7-10-20-40/h7-30,35,38-39H,31-34,36-37H2,1-6H3/t38?,39-,59?,60?,61-,62-/m0/s1. The molecule has 0 N–H and O–H groups in total. The van der Waals surface area contributed by atoms with Gasteiger partial charge in [0.25, 0.3) is 6.71 Å². The molecule has 4 fully saturated rings. The number of nitrogens with zero attached hydrogens (tertiary/aromatic N) is 2. The van der Waals surface area contributed by atoms with Crippen LogP contribution in [0, 0.1) is 33.5 Å². The largest absolute Gasteiger partial charge is 0.311 e. The van der Waals surface area contributed by atoms with Crippen molar-refractivity contribution in [3.8, 4) is 22.3 Å². The van der Waals surface area contributed by atoms with E-state index in [9.17, 15) is 0 Å². The molecule has 0 radical (unpaired) electrons. The van der Waals surface area contributed by atoms with Crippen LogP contribution in [0.5, 0.6) is 0 Å². The van der Waals surface area contributed by atoms with E-state index >= 15 is 0 Å². The molecule has 2 aliphatic heterocycles. The zero-order valence-electron chi connectivity index (χ0n) is 38.8. The summed E-state index contributed by atoms with van der Waals surface area (Å²) < 4.78 is 0. The van der Waals surface area contributed by atoms with Crippen molar-refractivity contribution in [2.24, 2.45) is 33.5 Å². The number of hydrogen-bond acceptors (Lipinski definition) is 2. The number of hydrogen-bond donors (Lipinski definition) is 0. The minimum absolute atomic E-state index is 0.0292. The number of fused-ring (bicyclic) bond motifs is 22. The first-order chi connectivity index (χ1) is 31.5. The Morgan fingerprint density at radius 2 is 0.969 bits per heavy atom. The number of benzene rings is 7. The predicted molar refractivity (Wildman–Crippen MR) is 271 cm³/mol. The number of para-hydroxylation sites is 3. The van der Waals surface area contributed by atoms with Gasteiger partial charge >= 0.3 is 0 Å². The third kappa shape index (κ3) is 3.86. The van der Waals surface area contributed by atoms with Crippen molar-refractivity contribution in [2.75, 3.05) is 9.80 Å². The molecular weight excluding hydrogens is 784 g/mol. The Morgan fingerprint density at radius 1 is 0.446 bits per heavy atom. The average Bonchev–Trinajstić information content (AvgIpc) is 4.03. The monoisotopic (exact) mass is 840 g/mol. The van der Waals surface area contributed by atoms with Gasteiger partial charge in [0.05, 0.1) is 5.69 Å². The van der Waals surface area contributed by atoms with Crippen LogP contribution in [0.1, 0.15) is 102 Å². The average molecular weight is 841 g/mol. The van der Waals surface area contributed by atoms with Gasteiger partial charge in [0.15, 0.2) is 0 Å². The van der Waals surface area contributed by atoms with E-state index in [0.29, 0.717) is 11.8 Å². The molecule has 6 aliphatic carbocycles. The SMILES string of the molecule is CC1(C)C2CCC1(C)[C@@]1(C2)c2ccccc2-c2c1ccc1c2B2c3ccccc3N(c3ccccc3)c3c2c(cc2c3-c3ccccc3[C@@]23C[C@@H]2CCC3(C)C2(C)C)N1c1ccccc1. The topological polar surface area (TPSA) is 6.48 Å². The highest BCUT2D eigenvalue weighted by Gasteiger charge is 2.73. The van der Waals surface area contributed by atoms with Gasteiger partial charge in [0.2, 0.25) is 0 Å². The summed E-state index contributed by atoms with van der Waals surface area (Å²) in [6, 6.07) is 59.7. The summed E-state index contributed by atoms with van der Waals surface area (Å²) in [6.45, 7) is 15.8. The van der Waals surface area contributed by atoms with E-state index in [1.165, 1.54) is 111 Å². The van der Waals surface area contributed by atoms with Gasteiger partial charge in [-0.05, 0) is 170 Å². The molecule has 2 heterocycles. The second-order valence-corrected chi connectivity index (χ2v) is 23.2. The van der Waals surface area contributed by atoms with Crippen LogP contribution < -0.4 is 26.2 Å².